The van der Waals surface area contributed by atoms with Crippen LogP contribution in [0, 0.1) is 0 Å². The lowest BCUT2D eigenvalue weighted by Gasteiger charge is -2.23. The zero-order chi connectivity index (χ0) is 23.2. The van der Waals surface area contributed by atoms with E-state index in [-0.39, 0.29) is 18.4 Å². The van der Waals surface area contributed by atoms with Gasteiger partial charge in [0.1, 0.15) is 0 Å². The van der Waals surface area contributed by atoms with E-state index in [2.05, 4.69) is 81.9 Å². The van der Waals surface area contributed by atoms with Gasteiger partial charge in [0.05, 0.1) is 6.54 Å². The van der Waals surface area contributed by atoms with Crippen molar-refractivity contribution in [3.05, 3.63) is 84.1 Å². The summed E-state index contributed by atoms with van der Waals surface area (Å²) in [6.45, 7) is 11.2. The van der Waals surface area contributed by atoms with E-state index in [1.54, 1.807) is 0 Å². The van der Waals surface area contributed by atoms with Crippen molar-refractivity contribution >= 4 is 34.9 Å². The number of aromatic nitrogens is 1. The average molecular weight is 443 g/mol. The SMILES string of the molecule is C=Cc1ccc(Cn2cc(CN3CCNC(=O)CNC(=O)CC3)c3ccccc32)cc1C=C. The Bertz CT molecular complexity index is 1190. The predicted molar refractivity (Wildman–Crippen MR) is 134 cm³/mol. The second-order valence-electron chi connectivity index (χ2n) is 8.32. The largest absolute Gasteiger partial charge is 0.353 e. The molecule has 1 aromatic heterocycles. The van der Waals surface area contributed by atoms with Gasteiger partial charge in [0.25, 0.3) is 0 Å². The zero-order valence-corrected chi connectivity index (χ0v) is 18.8. The Morgan fingerprint density at radius 1 is 0.909 bits per heavy atom. The summed E-state index contributed by atoms with van der Waals surface area (Å²) in [4.78, 5) is 26.0. The summed E-state index contributed by atoms with van der Waals surface area (Å²) in [6, 6.07) is 14.8. The second kappa shape index (κ2) is 10.3. The molecule has 3 aromatic rings. The van der Waals surface area contributed by atoms with Gasteiger partial charge < -0.3 is 15.2 Å². The van der Waals surface area contributed by atoms with Crippen molar-refractivity contribution in [3.63, 3.8) is 0 Å². The van der Waals surface area contributed by atoms with Crippen LogP contribution in [0.5, 0.6) is 0 Å². The van der Waals surface area contributed by atoms with Crippen LogP contribution < -0.4 is 10.6 Å². The highest BCUT2D eigenvalue weighted by atomic mass is 16.2. The van der Waals surface area contributed by atoms with Gasteiger partial charge in [-0.05, 0) is 34.4 Å². The number of rotatable bonds is 6. The topological polar surface area (TPSA) is 66.4 Å². The fraction of sp³-hybridized carbons (Fsp3) is 0.259. The molecule has 2 amide bonds. The molecule has 1 fully saturated rings. The summed E-state index contributed by atoms with van der Waals surface area (Å²) in [7, 11) is 0. The van der Waals surface area contributed by atoms with Gasteiger partial charge in [0.2, 0.25) is 11.8 Å². The minimum Gasteiger partial charge on any atom is -0.353 e. The van der Waals surface area contributed by atoms with Gasteiger partial charge in [0.15, 0.2) is 0 Å². The lowest BCUT2D eigenvalue weighted by molar-refractivity contribution is -0.126. The fourth-order valence-electron chi connectivity index (χ4n) is 4.32. The first kappa shape index (κ1) is 22.6. The molecule has 2 heterocycles. The third-order valence-corrected chi connectivity index (χ3v) is 6.06. The minimum absolute atomic E-state index is 0.0493. The third kappa shape index (κ3) is 5.41. The molecule has 0 spiro atoms. The number of amides is 2. The summed E-state index contributed by atoms with van der Waals surface area (Å²) in [6.07, 6.45) is 6.30. The molecule has 1 saturated heterocycles. The summed E-state index contributed by atoms with van der Waals surface area (Å²) < 4.78 is 2.27. The van der Waals surface area contributed by atoms with Gasteiger partial charge in [-0.3, -0.25) is 14.5 Å². The standard InChI is InChI=1S/C27H30N4O2/c1-3-21-10-9-20(15-22(21)4-2)17-31-19-23(24-7-5-6-8-25(24)31)18-30-13-11-26(32)29-16-27(33)28-12-14-30/h3-10,15,19H,1-2,11-14,16-18H2,(H,28,33)(H,29,32). The highest BCUT2D eigenvalue weighted by molar-refractivity contribution is 5.85. The van der Waals surface area contributed by atoms with Crippen molar-refractivity contribution in [2.24, 2.45) is 0 Å². The van der Waals surface area contributed by atoms with E-state index in [1.165, 1.54) is 22.0 Å². The third-order valence-electron chi connectivity index (χ3n) is 6.06. The van der Waals surface area contributed by atoms with Crippen LogP contribution in [-0.4, -0.2) is 47.5 Å². The van der Waals surface area contributed by atoms with Gasteiger partial charge >= 0.3 is 0 Å². The van der Waals surface area contributed by atoms with E-state index in [9.17, 15) is 9.59 Å². The molecule has 170 valence electrons. The van der Waals surface area contributed by atoms with E-state index < -0.39 is 0 Å². The number of para-hydroxylation sites is 1. The van der Waals surface area contributed by atoms with Crippen LogP contribution in [0.15, 0.2) is 61.8 Å². The van der Waals surface area contributed by atoms with E-state index in [0.717, 1.165) is 17.7 Å². The number of hydrogen-bond acceptors (Lipinski definition) is 3. The van der Waals surface area contributed by atoms with Gasteiger partial charge in [-0.1, -0.05) is 55.6 Å². The molecule has 4 rings (SSSR count). The van der Waals surface area contributed by atoms with E-state index >= 15 is 0 Å². The Labute approximate surface area is 194 Å². The highest BCUT2D eigenvalue weighted by Gasteiger charge is 2.16. The number of benzene rings is 2. The Kier molecular flexibility index (Phi) is 7.05. The molecular weight excluding hydrogens is 412 g/mol. The van der Waals surface area contributed by atoms with Gasteiger partial charge in [-0.25, -0.2) is 0 Å². The Hall–Kier alpha value is -3.64. The lowest BCUT2D eigenvalue weighted by atomic mass is 10.0. The van der Waals surface area contributed by atoms with Crippen LogP contribution in [-0.2, 0) is 22.7 Å². The Morgan fingerprint density at radius 3 is 2.55 bits per heavy atom. The molecule has 0 bridgehead atoms. The molecule has 0 radical (unpaired) electrons. The van der Waals surface area contributed by atoms with Gasteiger partial charge in [-0.15, -0.1) is 0 Å². The van der Waals surface area contributed by atoms with E-state index in [0.29, 0.717) is 32.6 Å². The van der Waals surface area contributed by atoms with Crippen molar-refractivity contribution in [1.29, 1.82) is 0 Å². The first-order chi connectivity index (χ1) is 16.1. The smallest absolute Gasteiger partial charge is 0.239 e. The molecule has 0 aliphatic carbocycles. The van der Waals surface area contributed by atoms with Crippen molar-refractivity contribution in [1.82, 2.24) is 20.1 Å². The summed E-state index contributed by atoms with van der Waals surface area (Å²) in [5.41, 5.74) is 5.73. The first-order valence-corrected chi connectivity index (χ1v) is 11.3. The van der Waals surface area contributed by atoms with Crippen LogP contribution in [0.4, 0.5) is 0 Å². The number of fused-ring (bicyclic) bond motifs is 1. The summed E-state index contributed by atoms with van der Waals surface area (Å²) in [5, 5.41) is 6.74. The summed E-state index contributed by atoms with van der Waals surface area (Å²) in [5.74, 6) is -0.247. The molecule has 1 aliphatic heterocycles. The van der Waals surface area contributed by atoms with Crippen LogP contribution >= 0.6 is 0 Å². The first-order valence-electron chi connectivity index (χ1n) is 11.3. The molecule has 1 aliphatic rings. The normalized spacial score (nSPS) is 15.6. The van der Waals surface area contributed by atoms with Crippen molar-refractivity contribution in [2.45, 2.75) is 19.5 Å². The number of nitrogens with zero attached hydrogens (tertiary/aromatic N) is 2. The highest BCUT2D eigenvalue weighted by Crippen LogP contribution is 2.25. The lowest BCUT2D eigenvalue weighted by Crippen LogP contribution is -2.43. The number of nitrogens with one attached hydrogen (secondary N) is 2. The number of carbonyl (C=O) groups is 2. The summed E-state index contributed by atoms with van der Waals surface area (Å²) >= 11 is 0. The van der Waals surface area contributed by atoms with Gasteiger partial charge in [0, 0.05) is 56.2 Å². The molecule has 6 nitrogen and oxygen atoms in total. The van der Waals surface area contributed by atoms with Crippen LogP contribution in [0.25, 0.3) is 23.1 Å². The average Bonchev–Trinajstić information content (AvgIpc) is 3.17. The number of carbonyl (C=O) groups excluding carboxylic acids is 2. The quantitative estimate of drug-likeness (QED) is 0.615. The fourth-order valence-corrected chi connectivity index (χ4v) is 4.32. The maximum absolute atomic E-state index is 12.0. The maximum atomic E-state index is 12.0. The molecule has 0 atom stereocenters. The Balaban J connectivity index is 1.59. The van der Waals surface area contributed by atoms with Crippen molar-refractivity contribution in [3.8, 4) is 0 Å². The van der Waals surface area contributed by atoms with Crippen molar-refractivity contribution < 1.29 is 9.59 Å². The molecule has 0 saturated carbocycles. The maximum Gasteiger partial charge on any atom is 0.239 e. The zero-order valence-electron chi connectivity index (χ0n) is 18.8. The molecule has 33 heavy (non-hydrogen) atoms. The molecule has 0 unspecified atom stereocenters. The minimum atomic E-state index is -0.150. The Morgan fingerprint density at radius 2 is 1.73 bits per heavy atom. The van der Waals surface area contributed by atoms with Crippen LogP contribution in [0.2, 0.25) is 0 Å². The van der Waals surface area contributed by atoms with Crippen LogP contribution in [0.3, 0.4) is 0 Å². The van der Waals surface area contributed by atoms with Crippen LogP contribution in [0.1, 0.15) is 28.7 Å². The van der Waals surface area contributed by atoms with E-state index in [1.807, 2.05) is 12.2 Å². The van der Waals surface area contributed by atoms with Gasteiger partial charge in [-0.2, -0.15) is 0 Å². The predicted octanol–water partition coefficient (Wildman–Crippen LogP) is 3.41. The molecular formula is C27H30N4O2. The molecule has 6 heteroatoms. The van der Waals surface area contributed by atoms with E-state index in [4.69, 9.17) is 0 Å². The molecule has 2 aromatic carbocycles. The monoisotopic (exact) mass is 442 g/mol. The van der Waals surface area contributed by atoms with Crippen molar-refractivity contribution in [2.75, 3.05) is 26.2 Å². The number of hydrogen-bond donors (Lipinski definition) is 2. The molecule has 2 N–H and O–H groups in total. The second-order valence-corrected chi connectivity index (χ2v) is 8.32.